The molecule has 2 rings (SSSR count). The van der Waals surface area contributed by atoms with Crippen LogP contribution in [0.15, 0.2) is 18.2 Å². The van der Waals surface area contributed by atoms with E-state index in [1.54, 1.807) is 0 Å². The maximum atomic E-state index is 13.4. The van der Waals surface area contributed by atoms with Crippen molar-refractivity contribution < 1.29 is 9.50 Å². The quantitative estimate of drug-likeness (QED) is 0.864. The molecule has 1 aromatic rings. The topological polar surface area (TPSA) is 23.5 Å². The fourth-order valence-corrected chi connectivity index (χ4v) is 2.57. The SMILES string of the molecule is CC1(C)CCN(Cc2ccc(F)cc2C#CCCO)CC1. The lowest BCUT2D eigenvalue weighted by molar-refractivity contribution is 0.127. The molecule has 0 atom stereocenters. The van der Waals surface area contributed by atoms with Gasteiger partial charge in [-0.25, -0.2) is 4.39 Å². The molecule has 0 saturated carbocycles. The number of nitrogens with zero attached hydrogens (tertiary/aromatic N) is 1. The molecule has 0 amide bonds. The summed E-state index contributed by atoms with van der Waals surface area (Å²) in [6.07, 6.45) is 2.81. The predicted octanol–water partition coefficient (Wildman–Crippen LogP) is 3.18. The summed E-state index contributed by atoms with van der Waals surface area (Å²) in [6, 6.07) is 4.83. The van der Waals surface area contributed by atoms with E-state index in [-0.39, 0.29) is 12.4 Å². The van der Waals surface area contributed by atoms with E-state index in [2.05, 4.69) is 30.6 Å². The molecule has 1 aliphatic heterocycles. The van der Waals surface area contributed by atoms with Gasteiger partial charge in [0.2, 0.25) is 0 Å². The summed E-state index contributed by atoms with van der Waals surface area (Å²) < 4.78 is 13.4. The van der Waals surface area contributed by atoms with Gasteiger partial charge in [-0.05, 0) is 49.0 Å². The average molecular weight is 289 g/mol. The minimum absolute atomic E-state index is 0.0405. The largest absolute Gasteiger partial charge is 0.395 e. The van der Waals surface area contributed by atoms with Crippen LogP contribution in [0.5, 0.6) is 0 Å². The van der Waals surface area contributed by atoms with Crippen LogP contribution in [-0.4, -0.2) is 29.7 Å². The van der Waals surface area contributed by atoms with Crippen LogP contribution in [0, 0.1) is 23.1 Å². The third kappa shape index (κ3) is 4.84. The molecule has 1 N–H and O–H groups in total. The van der Waals surface area contributed by atoms with Gasteiger partial charge in [0.05, 0.1) is 6.61 Å². The van der Waals surface area contributed by atoms with Crippen LogP contribution in [0.4, 0.5) is 4.39 Å². The van der Waals surface area contributed by atoms with Crippen molar-refractivity contribution in [1.29, 1.82) is 0 Å². The minimum Gasteiger partial charge on any atom is -0.395 e. The number of aliphatic hydroxyl groups is 1. The molecular formula is C18H24FNO. The maximum absolute atomic E-state index is 13.4. The minimum atomic E-state index is -0.258. The van der Waals surface area contributed by atoms with Crippen molar-refractivity contribution in [3.05, 3.63) is 35.1 Å². The van der Waals surface area contributed by atoms with Crippen molar-refractivity contribution >= 4 is 0 Å². The van der Waals surface area contributed by atoms with Gasteiger partial charge in [0.1, 0.15) is 5.82 Å². The molecule has 1 aliphatic rings. The Balaban J connectivity index is 2.08. The molecule has 0 aliphatic carbocycles. The molecule has 1 fully saturated rings. The van der Waals surface area contributed by atoms with Crippen LogP contribution < -0.4 is 0 Å². The van der Waals surface area contributed by atoms with Gasteiger partial charge in [-0.3, -0.25) is 4.90 Å². The molecule has 1 saturated heterocycles. The second kappa shape index (κ2) is 7.06. The van der Waals surface area contributed by atoms with Gasteiger partial charge in [0.25, 0.3) is 0 Å². The number of rotatable bonds is 3. The van der Waals surface area contributed by atoms with Gasteiger partial charge in [-0.2, -0.15) is 0 Å². The molecule has 0 spiro atoms. The third-order valence-electron chi connectivity index (χ3n) is 4.14. The summed E-state index contributed by atoms with van der Waals surface area (Å²) in [4.78, 5) is 2.41. The maximum Gasteiger partial charge on any atom is 0.124 e. The van der Waals surface area contributed by atoms with Crippen molar-refractivity contribution in [2.24, 2.45) is 5.41 Å². The smallest absolute Gasteiger partial charge is 0.124 e. The number of piperidine rings is 1. The molecule has 3 heteroatoms. The van der Waals surface area contributed by atoms with Gasteiger partial charge in [-0.1, -0.05) is 31.8 Å². The van der Waals surface area contributed by atoms with E-state index in [0.717, 1.165) is 30.8 Å². The highest BCUT2D eigenvalue weighted by Gasteiger charge is 2.25. The Labute approximate surface area is 127 Å². The Bertz CT molecular complexity index is 532. The fraction of sp³-hybridized carbons (Fsp3) is 0.556. The summed E-state index contributed by atoms with van der Waals surface area (Å²) in [5.41, 5.74) is 2.25. The van der Waals surface area contributed by atoms with E-state index >= 15 is 0 Å². The van der Waals surface area contributed by atoms with Crippen LogP contribution in [0.3, 0.4) is 0 Å². The number of benzene rings is 1. The van der Waals surface area contributed by atoms with E-state index in [9.17, 15) is 4.39 Å². The molecule has 114 valence electrons. The Morgan fingerprint density at radius 1 is 1.29 bits per heavy atom. The first-order valence-corrected chi connectivity index (χ1v) is 7.61. The molecule has 0 bridgehead atoms. The Hall–Kier alpha value is -1.37. The summed E-state index contributed by atoms with van der Waals surface area (Å²) in [7, 11) is 0. The normalized spacial score (nSPS) is 18.1. The number of aliphatic hydroxyl groups excluding tert-OH is 1. The predicted molar refractivity (Wildman–Crippen MR) is 83.3 cm³/mol. The highest BCUT2D eigenvalue weighted by atomic mass is 19.1. The highest BCUT2D eigenvalue weighted by molar-refractivity contribution is 5.41. The summed E-state index contributed by atoms with van der Waals surface area (Å²) in [5, 5.41) is 8.79. The van der Waals surface area contributed by atoms with E-state index < -0.39 is 0 Å². The lowest BCUT2D eigenvalue weighted by atomic mass is 9.82. The number of hydrogen-bond acceptors (Lipinski definition) is 2. The Morgan fingerprint density at radius 2 is 2.00 bits per heavy atom. The molecule has 0 aromatic heterocycles. The second-order valence-electron chi connectivity index (χ2n) is 6.52. The molecule has 1 aromatic carbocycles. The van der Waals surface area contributed by atoms with Gasteiger partial charge in [-0.15, -0.1) is 0 Å². The summed E-state index contributed by atoms with van der Waals surface area (Å²) in [5.74, 6) is 5.61. The van der Waals surface area contributed by atoms with Crippen molar-refractivity contribution in [2.75, 3.05) is 19.7 Å². The van der Waals surface area contributed by atoms with Gasteiger partial charge >= 0.3 is 0 Å². The first-order chi connectivity index (χ1) is 10.00. The van der Waals surface area contributed by atoms with Crippen LogP contribution in [0.1, 0.15) is 44.2 Å². The zero-order chi connectivity index (χ0) is 15.3. The molecule has 0 radical (unpaired) electrons. The second-order valence-corrected chi connectivity index (χ2v) is 6.52. The van der Waals surface area contributed by atoms with Crippen LogP contribution in [0.25, 0.3) is 0 Å². The lowest BCUT2D eigenvalue weighted by Gasteiger charge is -2.37. The molecule has 2 nitrogen and oxygen atoms in total. The van der Waals surface area contributed by atoms with Crippen molar-refractivity contribution in [3.63, 3.8) is 0 Å². The zero-order valence-electron chi connectivity index (χ0n) is 13.0. The first kappa shape index (κ1) is 16.0. The summed E-state index contributed by atoms with van der Waals surface area (Å²) >= 11 is 0. The van der Waals surface area contributed by atoms with E-state index in [1.165, 1.54) is 25.0 Å². The molecule has 0 unspecified atom stereocenters. The first-order valence-electron chi connectivity index (χ1n) is 7.61. The molecular weight excluding hydrogens is 265 g/mol. The molecule has 1 heterocycles. The fourth-order valence-electron chi connectivity index (χ4n) is 2.57. The summed E-state index contributed by atoms with van der Waals surface area (Å²) in [6.45, 7) is 7.64. The van der Waals surface area contributed by atoms with Crippen LogP contribution in [0.2, 0.25) is 0 Å². The van der Waals surface area contributed by atoms with E-state index in [1.807, 2.05) is 6.07 Å². The monoisotopic (exact) mass is 289 g/mol. The Morgan fingerprint density at radius 3 is 2.67 bits per heavy atom. The van der Waals surface area contributed by atoms with Crippen molar-refractivity contribution in [2.45, 2.75) is 39.7 Å². The van der Waals surface area contributed by atoms with Crippen LogP contribution >= 0.6 is 0 Å². The average Bonchev–Trinajstić information content (AvgIpc) is 2.44. The van der Waals surface area contributed by atoms with Gasteiger partial charge in [0.15, 0.2) is 0 Å². The van der Waals surface area contributed by atoms with Crippen molar-refractivity contribution in [1.82, 2.24) is 4.90 Å². The number of hydrogen-bond donors (Lipinski definition) is 1. The number of likely N-dealkylation sites (tertiary alicyclic amines) is 1. The highest BCUT2D eigenvalue weighted by Crippen LogP contribution is 2.30. The Kier molecular flexibility index (Phi) is 5.39. The number of halogens is 1. The zero-order valence-corrected chi connectivity index (χ0v) is 13.0. The van der Waals surface area contributed by atoms with Crippen LogP contribution in [-0.2, 0) is 6.54 Å². The third-order valence-corrected chi connectivity index (χ3v) is 4.14. The van der Waals surface area contributed by atoms with Gasteiger partial charge in [0, 0.05) is 18.5 Å². The van der Waals surface area contributed by atoms with E-state index in [4.69, 9.17) is 5.11 Å². The van der Waals surface area contributed by atoms with E-state index in [0.29, 0.717) is 11.8 Å². The molecule has 21 heavy (non-hydrogen) atoms. The standard InChI is InChI=1S/C18H24FNO/c1-18(2)8-10-20(11-9-18)14-16-6-7-17(19)13-15(16)5-3-4-12-21/h6-7,13,21H,4,8-12,14H2,1-2H3. The van der Waals surface area contributed by atoms with Crippen molar-refractivity contribution in [3.8, 4) is 11.8 Å². The lowest BCUT2D eigenvalue weighted by Crippen LogP contribution is -2.36. The van der Waals surface area contributed by atoms with Gasteiger partial charge < -0.3 is 5.11 Å².